The average Bonchev–Trinajstić information content (AvgIpc) is 3.64. The van der Waals surface area contributed by atoms with E-state index in [4.69, 9.17) is 40.9 Å². The topological polar surface area (TPSA) is 159 Å². The van der Waals surface area contributed by atoms with Gasteiger partial charge in [0, 0.05) is 60.7 Å². The maximum absolute atomic E-state index is 11.2. The Kier molecular flexibility index (Phi) is 11.5. The van der Waals surface area contributed by atoms with Crippen LogP contribution in [0.15, 0.2) is 54.7 Å². The fraction of sp³-hybridized carbons (Fsp3) is 0.390. The van der Waals surface area contributed by atoms with Crippen LogP contribution in [-0.2, 0) is 17.9 Å². The van der Waals surface area contributed by atoms with Gasteiger partial charge in [-0.2, -0.15) is 15.3 Å². The predicted molar refractivity (Wildman–Crippen MR) is 208 cm³/mol. The molecule has 286 valence electrons. The minimum absolute atomic E-state index is 0.156. The van der Waals surface area contributed by atoms with E-state index in [1.807, 2.05) is 42.5 Å². The number of benzene rings is 2. The highest BCUT2D eigenvalue weighted by atomic mass is 35.5. The van der Waals surface area contributed by atoms with Crippen LogP contribution in [0.3, 0.4) is 0 Å². The number of hydrogen-bond donors (Lipinski definition) is 2. The number of halogens is 1. The zero-order valence-corrected chi connectivity index (χ0v) is 31.9. The number of carboxylic acids is 1. The third kappa shape index (κ3) is 7.95. The van der Waals surface area contributed by atoms with E-state index < -0.39 is 5.97 Å². The summed E-state index contributed by atoms with van der Waals surface area (Å²) in [5.74, 6) is 1.35. The van der Waals surface area contributed by atoms with E-state index in [-0.39, 0.29) is 18.4 Å². The molecule has 13 nitrogen and oxygen atoms in total. The molecule has 3 aromatic heterocycles. The van der Waals surface area contributed by atoms with Crippen molar-refractivity contribution in [2.45, 2.75) is 51.3 Å². The van der Waals surface area contributed by atoms with E-state index in [1.165, 1.54) is 0 Å². The van der Waals surface area contributed by atoms with Crippen LogP contribution < -0.4 is 14.2 Å². The van der Waals surface area contributed by atoms with Crippen LogP contribution in [0.2, 0.25) is 5.02 Å². The Labute approximate surface area is 324 Å². The molecule has 2 aromatic carbocycles. The third-order valence-corrected chi connectivity index (χ3v) is 11.1. The summed E-state index contributed by atoms with van der Waals surface area (Å²) in [6.07, 6.45) is 4.72. The smallest absolute Gasteiger partial charge is 0.303 e. The van der Waals surface area contributed by atoms with E-state index in [0.717, 1.165) is 79.5 Å². The minimum Gasteiger partial charge on any atom is -0.496 e. The number of aliphatic carboxylic acids is 1. The molecule has 2 N–H and O–H groups in total. The van der Waals surface area contributed by atoms with Crippen LogP contribution in [0.5, 0.6) is 17.5 Å². The van der Waals surface area contributed by atoms with Gasteiger partial charge in [-0.1, -0.05) is 41.9 Å². The van der Waals surface area contributed by atoms with Crippen LogP contribution in [0, 0.1) is 17.2 Å². The number of ether oxygens (including phenoxy) is 3. The summed E-state index contributed by atoms with van der Waals surface area (Å²) in [7, 11) is 4.76. The Bertz CT molecular complexity index is 2210. The van der Waals surface area contributed by atoms with E-state index in [1.54, 1.807) is 38.3 Å². The molecular weight excluding hydrogens is 722 g/mol. The molecule has 5 heterocycles. The second-order valence-electron chi connectivity index (χ2n) is 14.1. The maximum atomic E-state index is 11.2. The molecule has 0 unspecified atom stereocenters. The summed E-state index contributed by atoms with van der Waals surface area (Å²) in [5.41, 5.74) is 5.55. The summed E-state index contributed by atoms with van der Waals surface area (Å²) in [5, 5.41) is 35.5. The summed E-state index contributed by atoms with van der Waals surface area (Å²) in [6.45, 7) is 4.07. The number of hydrogen-bond acceptors (Lipinski definition) is 11. The monoisotopic (exact) mass is 765 g/mol. The fourth-order valence-electron chi connectivity index (χ4n) is 7.75. The number of likely N-dealkylation sites (tertiary alicyclic amines) is 2. The number of nitrogens with zero attached hydrogens (tertiary/aromatic N) is 7. The van der Waals surface area contributed by atoms with E-state index in [2.05, 4.69) is 15.9 Å². The van der Waals surface area contributed by atoms with Crippen molar-refractivity contribution in [3.8, 4) is 51.8 Å². The molecule has 7 rings (SSSR count). The third-order valence-electron chi connectivity index (χ3n) is 10.7. The van der Waals surface area contributed by atoms with E-state index >= 15 is 0 Å². The molecule has 0 aliphatic carbocycles. The van der Waals surface area contributed by atoms with E-state index in [0.29, 0.717) is 63.8 Å². The lowest BCUT2D eigenvalue weighted by Crippen LogP contribution is -2.35. The van der Waals surface area contributed by atoms with Crippen molar-refractivity contribution in [2.24, 2.45) is 5.92 Å². The first-order valence-corrected chi connectivity index (χ1v) is 18.8. The molecule has 0 bridgehead atoms. The first-order chi connectivity index (χ1) is 26.7. The number of aliphatic hydroxyl groups is 1. The van der Waals surface area contributed by atoms with E-state index in [9.17, 15) is 20.3 Å². The Balaban J connectivity index is 1.20. The number of fused-ring (bicyclic) bond motifs is 1. The molecule has 0 spiro atoms. The van der Waals surface area contributed by atoms with Gasteiger partial charge in [0.25, 0.3) is 0 Å². The number of carboxylic acid groups (broad SMARTS) is 1. The highest BCUT2D eigenvalue weighted by Crippen LogP contribution is 2.41. The number of methoxy groups -OCH3 is 3. The van der Waals surface area contributed by atoms with Crippen LogP contribution >= 0.6 is 11.6 Å². The molecule has 5 aromatic rings. The minimum atomic E-state index is -0.770. The van der Waals surface area contributed by atoms with Crippen molar-refractivity contribution in [1.82, 2.24) is 29.5 Å². The molecule has 2 aliphatic rings. The summed E-state index contributed by atoms with van der Waals surface area (Å²) in [6, 6.07) is 17.6. The molecule has 55 heavy (non-hydrogen) atoms. The molecule has 2 fully saturated rings. The molecule has 0 atom stereocenters. The Morgan fingerprint density at radius 2 is 1.51 bits per heavy atom. The number of aliphatic hydroxyl groups excluding tert-OH is 1. The second kappa shape index (κ2) is 16.6. The first-order valence-electron chi connectivity index (χ1n) is 18.4. The molecule has 14 heteroatoms. The summed E-state index contributed by atoms with van der Waals surface area (Å²) in [4.78, 5) is 25.4. The van der Waals surface area contributed by atoms with Crippen molar-refractivity contribution < 1.29 is 29.2 Å². The molecule has 0 saturated carbocycles. The van der Waals surface area contributed by atoms with Gasteiger partial charge in [-0.15, -0.1) is 0 Å². The highest BCUT2D eigenvalue weighted by molar-refractivity contribution is 6.36. The van der Waals surface area contributed by atoms with Crippen molar-refractivity contribution in [2.75, 3.05) is 47.5 Å². The summed E-state index contributed by atoms with van der Waals surface area (Å²) < 4.78 is 19.1. The van der Waals surface area contributed by atoms with Gasteiger partial charge < -0.3 is 24.4 Å². The largest absolute Gasteiger partial charge is 0.496 e. The molecular formula is C41H44ClN7O6. The zero-order chi connectivity index (χ0) is 38.6. The van der Waals surface area contributed by atoms with Gasteiger partial charge in [-0.25, -0.2) is 9.67 Å². The van der Waals surface area contributed by atoms with Crippen LogP contribution in [-0.4, -0.2) is 99.3 Å². The molecule has 2 aliphatic heterocycles. The van der Waals surface area contributed by atoms with Gasteiger partial charge in [-0.05, 0) is 62.4 Å². The Hall–Kier alpha value is -5.26. The summed E-state index contributed by atoms with van der Waals surface area (Å²) >= 11 is 7.22. The van der Waals surface area contributed by atoms with Crippen LogP contribution in [0.25, 0.3) is 39.1 Å². The van der Waals surface area contributed by atoms with Crippen molar-refractivity contribution >= 4 is 28.5 Å². The number of rotatable bonds is 12. The fourth-order valence-corrected chi connectivity index (χ4v) is 8.08. The lowest BCUT2D eigenvalue weighted by Gasteiger charge is -2.31. The van der Waals surface area contributed by atoms with Crippen LogP contribution in [0.4, 0.5) is 0 Å². The van der Waals surface area contributed by atoms with Gasteiger partial charge in [0.15, 0.2) is 5.82 Å². The zero-order valence-electron chi connectivity index (χ0n) is 31.2. The van der Waals surface area contributed by atoms with Crippen LogP contribution in [0.1, 0.15) is 48.8 Å². The van der Waals surface area contributed by atoms with Crippen molar-refractivity contribution in [3.05, 3.63) is 76.4 Å². The lowest BCUT2D eigenvalue weighted by molar-refractivity contribution is -0.138. The number of piperidine rings is 2. The first kappa shape index (κ1) is 38.0. The standard InChI is InChI=1S/C41H44ClN7O6/c1-53-36-20-37(46-41(55-3)33(36)24-48-16-12-27(50)13-17-48)49-35-9-5-6-28(31(35)22-44-49)29-7-4-8-30(39(29)42)34-19-26(21-43)32(40(45-34)54-2)23-47-14-10-25(11-15-47)18-38(51)52/h4-9,19-20,22,25,27,50H,10-18,23-24H2,1-3H3,(H,51,52). The van der Waals surface area contributed by atoms with Crippen molar-refractivity contribution in [3.63, 3.8) is 0 Å². The number of aromatic nitrogens is 4. The normalized spacial score (nSPS) is 15.9. The predicted octanol–water partition coefficient (Wildman–Crippen LogP) is 6.34. The second-order valence-corrected chi connectivity index (χ2v) is 14.5. The molecule has 0 amide bonds. The SMILES string of the molecule is COc1cc(-n2ncc3c(-c4cccc(-c5cc(C#N)c(CN6CCC(CC(=O)O)CC6)c(OC)n5)c4Cl)cccc32)nc(OC)c1CN1CCC(O)CC1. The molecule has 2 saturated heterocycles. The van der Waals surface area contributed by atoms with Gasteiger partial charge >= 0.3 is 5.97 Å². The lowest BCUT2D eigenvalue weighted by atomic mass is 9.93. The number of nitriles is 1. The Morgan fingerprint density at radius 1 is 0.873 bits per heavy atom. The Morgan fingerprint density at radius 3 is 2.18 bits per heavy atom. The van der Waals surface area contributed by atoms with Crippen molar-refractivity contribution in [1.29, 1.82) is 5.26 Å². The van der Waals surface area contributed by atoms with Gasteiger partial charge in [0.05, 0.1) is 67.1 Å². The maximum Gasteiger partial charge on any atom is 0.303 e. The average molecular weight is 766 g/mol. The molecule has 0 radical (unpaired) electrons. The van der Waals surface area contributed by atoms with Gasteiger partial charge in [-0.3, -0.25) is 14.6 Å². The quantitative estimate of drug-likeness (QED) is 0.145. The van der Waals surface area contributed by atoms with Gasteiger partial charge in [0.2, 0.25) is 11.8 Å². The van der Waals surface area contributed by atoms with Gasteiger partial charge in [0.1, 0.15) is 5.75 Å². The number of carbonyl (C=O) groups is 1. The number of pyridine rings is 2. The highest BCUT2D eigenvalue weighted by Gasteiger charge is 2.26.